The molecular weight excluding hydrogens is 200 g/mol. The van der Waals surface area contributed by atoms with Crippen molar-refractivity contribution in [2.24, 2.45) is 0 Å². The van der Waals surface area contributed by atoms with E-state index >= 15 is 0 Å². The molecule has 0 spiro atoms. The molecule has 2 rings (SSSR count). The van der Waals surface area contributed by atoms with Crippen molar-refractivity contribution in [1.82, 2.24) is 9.78 Å². The van der Waals surface area contributed by atoms with Crippen LogP contribution in [-0.2, 0) is 6.54 Å². The lowest BCUT2D eigenvalue weighted by Crippen LogP contribution is -2.16. The fourth-order valence-electron chi connectivity index (χ4n) is 1.29. The summed E-state index contributed by atoms with van der Waals surface area (Å²) in [6, 6.07) is 8.94. The van der Waals surface area contributed by atoms with Crippen LogP contribution in [0.1, 0.15) is 5.56 Å². The lowest BCUT2D eigenvalue weighted by Gasteiger charge is -2.01. The minimum atomic E-state index is -0.0371. The Hall–Kier alpha value is -1.48. The molecule has 0 radical (unpaired) electrons. The molecule has 0 aliphatic rings. The molecule has 2 aromatic rings. The summed E-state index contributed by atoms with van der Waals surface area (Å²) in [5.74, 6) is 0. The summed E-state index contributed by atoms with van der Waals surface area (Å²) in [4.78, 5) is 11.2. The summed E-state index contributed by atoms with van der Waals surface area (Å²) in [6.45, 7) is 0.520. The van der Waals surface area contributed by atoms with Crippen molar-refractivity contribution in [3.63, 3.8) is 0 Å². The highest BCUT2D eigenvalue weighted by atomic mass is 35.5. The maximum absolute atomic E-state index is 11.2. The smallest absolute Gasteiger partial charge is 0.266 e. The van der Waals surface area contributed by atoms with Crippen LogP contribution in [0, 0.1) is 0 Å². The number of benzene rings is 1. The molecular formula is C10H9ClN2O. The second kappa shape index (κ2) is 3.72. The summed E-state index contributed by atoms with van der Waals surface area (Å²) in [7, 11) is 0. The van der Waals surface area contributed by atoms with Crippen LogP contribution < -0.4 is 5.56 Å². The van der Waals surface area contributed by atoms with Gasteiger partial charge in [-0.1, -0.05) is 23.7 Å². The van der Waals surface area contributed by atoms with Crippen LogP contribution in [0.4, 0.5) is 0 Å². The van der Waals surface area contributed by atoms with Gasteiger partial charge in [-0.3, -0.25) is 4.79 Å². The Morgan fingerprint density at radius 2 is 2.21 bits per heavy atom. The van der Waals surface area contributed by atoms with Gasteiger partial charge in [-0.25, -0.2) is 4.68 Å². The number of rotatable bonds is 2. The summed E-state index contributed by atoms with van der Waals surface area (Å²) in [5, 5.41) is 3.52. The average molecular weight is 209 g/mol. The third kappa shape index (κ3) is 1.88. The van der Waals surface area contributed by atoms with E-state index < -0.39 is 0 Å². The van der Waals surface area contributed by atoms with Crippen LogP contribution in [-0.4, -0.2) is 9.78 Å². The highest BCUT2D eigenvalue weighted by molar-refractivity contribution is 6.30. The molecule has 0 atom stereocenters. The minimum Gasteiger partial charge on any atom is -0.303 e. The van der Waals surface area contributed by atoms with E-state index in [1.807, 2.05) is 24.3 Å². The average Bonchev–Trinajstić information content (AvgIpc) is 2.52. The predicted octanol–water partition coefficient (Wildman–Crippen LogP) is 1.88. The highest BCUT2D eigenvalue weighted by Crippen LogP contribution is 2.10. The van der Waals surface area contributed by atoms with E-state index in [4.69, 9.17) is 11.6 Å². The lowest BCUT2D eigenvalue weighted by atomic mass is 10.2. The molecule has 0 saturated carbocycles. The van der Waals surface area contributed by atoms with E-state index in [1.54, 1.807) is 6.20 Å². The Labute approximate surface area is 85.9 Å². The monoisotopic (exact) mass is 208 g/mol. The van der Waals surface area contributed by atoms with Gasteiger partial charge in [-0.2, -0.15) is 0 Å². The van der Waals surface area contributed by atoms with Crippen molar-refractivity contribution in [1.29, 1.82) is 0 Å². The molecule has 0 aliphatic heterocycles. The van der Waals surface area contributed by atoms with Crippen LogP contribution >= 0.6 is 11.6 Å². The van der Waals surface area contributed by atoms with Crippen molar-refractivity contribution in [2.45, 2.75) is 6.54 Å². The van der Waals surface area contributed by atoms with E-state index in [2.05, 4.69) is 5.10 Å². The normalized spacial score (nSPS) is 10.4. The molecule has 14 heavy (non-hydrogen) atoms. The second-order valence-electron chi connectivity index (χ2n) is 3.02. The molecule has 4 heteroatoms. The van der Waals surface area contributed by atoms with E-state index in [-0.39, 0.29) is 5.56 Å². The van der Waals surface area contributed by atoms with Crippen LogP contribution in [0.3, 0.4) is 0 Å². The van der Waals surface area contributed by atoms with Gasteiger partial charge in [0.25, 0.3) is 5.56 Å². The van der Waals surface area contributed by atoms with E-state index in [0.717, 1.165) is 5.56 Å². The number of H-pyrrole nitrogens is 1. The number of nitrogens with one attached hydrogen (secondary N) is 1. The van der Waals surface area contributed by atoms with Crippen LogP contribution in [0.2, 0.25) is 5.02 Å². The quantitative estimate of drug-likeness (QED) is 0.804. The molecule has 3 nitrogen and oxygen atoms in total. The minimum absolute atomic E-state index is 0.0371. The van der Waals surface area contributed by atoms with Crippen molar-refractivity contribution >= 4 is 11.6 Å². The zero-order valence-corrected chi connectivity index (χ0v) is 8.16. The van der Waals surface area contributed by atoms with Crippen molar-refractivity contribution in [3.05, 3.63) is 57.5 Å². The number of halogens is 1. The summed E-state index contributed by atoms with van der Waals surface area (Å²) in [6.07, 6.45) is 1.62. The zero-order chi connectivity index (χ0) is 9.97. The molecule has 0 amide bonds. The first-order valence-corrected chi connectivity index (χ1v) is 4.62. The Bertz CT molecular complexity index is 487. The van der Waals surface area contributed by atoms with Crippen LogP contribution in [0.25, 0.3) is 0 Å². The first-order chi connectivity index (χ1) is 6.75. The van der Waals surface area contributed by atoms with Gasteiger partial charge in [-0.15, -0.1) is 0 Å². The maximum atomic E-state index is 11.2. The topological polar surface area (TPSA) is 37.8 Å². The molecule has 1 N–H and O–H groups in total. The number of hydrogen-bond donors (Lipinski definition) is 1. The van der Waals surface area contributed by atoms with Gasteiger partial charge >= 0.3 is 0 Å². The zero-order valence-electron chi connectivity index (χ0n) is 7.40. The summed E-state index contributed by atoms with van der Waals surface area (Å²) in [5.41, 5.74) is 0.965. The van der Waals surface area contributed by atoms with Crippen molar-refractivity contribution in [2.75, 3.05) is 0 Å². The van der Waals surface area contributed by atoms with Crippen LogP contribution in [0.5, 0.6) is 0 Å². The SMILES string of the molecule is O=c1cc[nH]n1Cc1cccc(Cl)c1. The molecule has 72 valence electrons. The van der Waals surface area contributed by atoms with Gasteiger partial charge in [-0.05, 0) is 17.7 Å². The van der Waals surface area contributed by atoms with Crippen molar-refractivity contribution < 1.29 is 0 Å². The third-order valence-electron chi connectivity index (χ3n) is 1.95. The third-order valence-corrected chi connectivity index (χ3v) is 2.19. The Balaban J connectivity index is 2.27. The molecule has 0 saturated heterocycles. The van der Waals surface area contributed by atoms with Crippen LogP contribution in [0.15, 0.2) is 41.3 Å². The Morgan fingerprint density at radius 1 is 1.36 bits per heavy atom. The van der Waals surface area contributed by atoms with Gasteiger partial charge in [0.1, 0.15) is 0 Å². The lowest BCUT2D eigenvalue weighted by molar-refractivity contribution is 0.664. The number of nitrogens with zero attached hydrogens (tertiary/aromatic N) is 1. The van der Waals surface area contributed by atoms with Crippen molar-refractivity contribution in [3.8, 4) is 0 Å². The molecule has 0 fully saturated rings. The number of hydrogen-bond acceptors (Lipinski definition) is 1. The molecule has 1 aromatic carbocycles. The highest BCUT2D eigenvalue weighted by Gasteiger charge is 1.98. The molecule has 0 aliphatic carbocycles. The molecule has 0 unspecified atom stereocenters. The Kier molecular flexibility index (Phi) is 2.41. The van der Waals surface area contributed by atoms with Gasteiger partial charge in [0.05, 0.1) is 6.54 Å². The Morgan fingerprint density at radius 3 is 2.86 bits per heavy atom. The molecule has 1 aromatic heterocycles. The van der Waals surface area contributed by atoms with Gasteiger partial charge < -0.3 is 5.10 Å². The summed E-state index contributed by atoms with van der Waals surface area (Å²) >= 11 is 5.83. The number of aromatic amines is 1. The van der Waals surface area contributed by atoms with Gasteiger partial charge in [0.15, 0.2) is 0 Å². The predicted molar refractivity (Wildman–Crippen MR) is 55.6 cm³/mol. The first-order valence-electron chi connectivity index (χ1n) is 4.24. The molecule has 1 heterocycles. The van der Waals surface area contributed by atoms with E-state index in [1.165, 1.54) is 10.7 Å². The number of aromatic nitrogens is 2. The fraction of sp³-hybridized carbons (Fsp3) is 0.100. The molecule has 0 bridgehead atoms. The summed E-state index contributed by atoms with van der Waals surface area (Å²) < 4.78 is 1.52. The fourth-order valence-corrected chi connectivity index (χ4v) is 1.51. The van der Waals surface area contributed by atoms with Gasteiger partial charge in [0.2, 0.25) is 0 Å². The largest absolute Gasteiger partial charge is 0.303 e. The standard InChI is InChI=1S/C10H9ClN2O/c11-9-3-1-2-8(6-9)7-13-10(14)4-5-12-13/h1-6,12H,7H2. The maximum Gasteiger partial charge on any atom is 0.266 e. The van der Waals surface area contributed by atoms with E-state index in [9.17, 15) is 4.79 Å². The van der Waals surface area contributed by atoms with E-state index in [0.29, 0.717) is 11.6 Å². The first kappa shape index (κ1) is 9.09. The second-order valence-corrected chi connectivity index (χ2v) is 3.45. The van der Waals surface area contributed by atoms with Gasteiger partial charge in [0, 0.05) is 17.3 Å².